The minimum atomic E-state index is 0.0724. The molecule has 116 valence electrons. The van der Waals surface area contributed by atoms with Gasteiger partial charge >= 0.3 is 0 Å². The lowest BCUT2D eigenvalue weighted by Gasteiger charge is -2.22. The second-order valence-electron chi connectivity index (χ2n) is 5.10. The lowest BCUT2D eigenvalue weighted by Crippen LogP contribution is -2.34. The maximum absolute atomic E-state index is 12.6. The van der Waals surface area contributed by atoms with Crippen molar-refractivity contribution in [3.63, 3.8) is 0 Å². The molecule has 0 aliphatic heterocycles. The lowest BCUT2D eigenvalue weighted by atomic mass is 10.1. The molecular formula is C18H20ClNO2. The summed E-state index contributed by atoms with van der Waals surface area (Å²) in [6.07, 6.45) is 0.344. The molecule has 2 aromatic rings. The summed E-state index contributed by atoms with van der Waals surface area (Å²) in [4.78, 5) is 14.4. The van der Waals surface area contributed by atoms with E-state index in [2.05, 4.69) is 0 Å². The highest BCUT2D eigenvalue weighted by molar-refractivity contribution is 6.30. The molecule has 0 bridgehead atoms. The van der Waals surface area contributed by atoms with E-state index in [1.807, 2.05) is 59.5 Å². The molecule has 0 aliphatic carbocycles. The van der Waals surface area contributed by atoms with E-state index in [0.29, 0.717) is 31.1 Å². The first-order chi connectivity index (χ1) is 10.7. The van der Waals surface area contributed by atoms with Crippen LogP contribution in [0.25, 0.3) is 0 Å². The van der Waals surface area contributed by atoms with Crippen LogP contribution >= 0.6 is 11.6 Å². The van der Waals surface area contributed by atoms with Gasteiger partial charge in [-0.3, -0.25) is 4.79 Å². The van der Waals surface area contributed by atoms with Gasteiger partial charge in [0.2, 0.25) is 5.91 Å². The van der Waals surface area contributed by atoms with Crippen LogP contribution in [0, 0.1) is 0 Å². The number of methoxy groups -OCH3 is 1. The third-order valence-corrected chi connectivity index (χ3v) is 3.61. The highest BCUT2D eigenvalue weighted by Crippen LogP contribution is 2.13. The first kappa shape index (κ1) is 16.5. The summed E-state index contributed by atoms with van der Waals surface area (Å²) >= 11 is 5.98. The van der Waals surface area contributed by atoms with Crippen molar-refractivity contribution >= 4 is 17.5 Å². The Morgan fingerprint density at radius 1 is 1.09 bits per heavy atom. The number of nitrogens with zero attached hydrogens (tertiary/aromatic N) is 1. The molecule has 2 aromatic carbocycles. The van der Waals surface area contributed by atoms with Gasteiger partial charge in [-0.2, -0.15) is 0 Å². The fraction of sp³-hybridized carbons (Fsp3) is 0.278. The number of benzene rings is 2. The summed E-state index contributed by atoms with van der Waals surface area (Å²) in [7, 11) is 1.64. The van der Waals surface area contributed by atoms with Crippen molar-refractivity contribution in [2.24, 2.45) is 0 Å². The molecule has 3 nitrogen and oxygen atoms in total. The zero-order valence-corrected chi connectivity index (χ0v) is 13.4. The third-order valence-electron chi connectivity index (χ3n) is 3.38. The smallest absolute Gasteiger partial charge is 0.227 e. The molecule has 0 saturated carbocycles. The van der Waals surface area contributed by atoms with Crippen LogP contribution in [0.2, 0.25) is 5.02 Å². The maximum atomic E-state index is 12.6. The zero-order valence-electron chi connectivity index (χ0n) is 12.7. The predicted octanol–water partition coefficient (Wildman–Crippen LogP) is 3.56. The number of carbonyl (C=O) groups is 1. The molecule has 2 rings (SSSR count). The lowest BCUT2D eigenvalue weighted by molar-refractivity contribution is -0.131. The van der Waals surface area contributed by atoms with Gasteiger partial charge in [-0.05, 0) is 23.3 Å². The Labute approximate surface area is 136 Å². The zero-order chi connectivity index (χ0) is 15.8. The van der Waals surface area contributed by atoms with E-state index in [9.17, 15) is 4.79 Å². The Morgan fingerprint density at radius 3 is 2.50 bits per heavy atom. The van der Waals surface area contributed by atoms with Crippen molar-refractivity contribution < 1.29 is 9.53 Å². The molecule has 4 heteroatoms. The summed E-state index contributed by atoms with van der Waals surface area (Å²) in [6, 6.07) is 17.4. The van der Waals surface area contributed by atoms with Crippen molar-refractivity contribution in [1.82, 2.24) is 4.90 Å². The van der Waals surface area contributed by atoms with Gasteiger partial charge in [-0.1, -0.05) is 54.1 Å². The van der Waals surface area contributed by atoms with Crippen molar-refractivity contribution in [2.75, 3.05) is 20.3 Å². The van der Waals surface area contributed by atoms with Crippen LogP contribution in [0.3, 0.4) is 0 Å². The van der Waals surface area contributed by atoms with Crippen LogP contribution in [-0.2, 0) is 22.5 Å². The van der Waals surface area contributed by atoms with E-state index in [1.165, 1.54) is 0 Å². The molecule has 0 unspecified atom stereocenters. The second-order valence-corrected chi connectivity index (χ2v) is 5.54. The molecule has 0 aliphatic rings. The molecule has 0 atom stereocenters. The normalized spacial score (nSPS) is 10.5. The molecule has 0 spiro atoms. The van der Waals surface area contributed by atoms with E-state index < -0.39 is 0 Å². The van der Waals surface area contributed by atoms with Gasteiger partial charge in [0.25, 0.3) is 0 Å². The Morgan fingerprint density at radius 2 is 1.82 bits per heavy atom. The van der Waals surface area contributed by atoms with Crippen LogP contribution in [0.5, 0.6) is 0 Å². The van der Waals surface area contributed by atoms with Crippen molar-refractivity contribution in [3.8, 4) is 0 Å². The predicted molar refractivity (Wildman–Crippen MR) is 88.9 cm³/mol. The van der Waals surface area contributed by atoms with E-state index in [1.54, 1.807) is 7.11 Å². The quantitative estimate of drug-likeness (QED) is 0.781. The number of ether oxygens (including phenoxy) is 1. The van der Waals surface area contributed by atoms with Gasteiger partial charge in [0, 0.05) is 25.2 Å². The third kappa shape index (κ3) is 5.17. The highest BCUT2D eigenvalue weighted by atomic mass is 35.5. The number of amides is 1. The molecule has 0 fully saturated rings. The molecule has 0 heterocycles. The van der Waals surface area contributed by atoms with Gasteiger partial charge in [0.05, 0.1) is 13.0 Å². The Bertz CT molecular complexity index is 601. The Hall–Kier alpha value is -1.84. The van der Waals surface area contributed by atoms with Crippen molar-refractivity contribution in [3.05, 3.63) is 70.7 Å². The molecule has 22 heavy (non-hydrogen) atoms. The van der Waals surface area contributed by atoms with Gasteiger partial charge in [0.15, 0.2) is 0 Å². The minimum Gasteiger partial charge on any atom is -0.383 e. The largest absolute Gasteiger partial charge is 0.383 e. The minimum absolute atomic E-state index is 0.0724. The summed E-state index contributed by atoms with van der Waals surface area (Å²) < 4.78 is 5.11. The van der Waals surface area contributed by atoms with Crippen LogP contribution in [0.4, 0.5) is 0 Å². The Balaban J connectivity index is 2.05. The molecule has 0 saturated heterocycles. The van der Waals surface area contributed by atoms with Gasteiger partial charge < -0.3 is 9.64 Å². The second kappa shape index (κ2) is 8.57. The van der Waals surface area contributed by atoms with Crippen LogP contribution in [0.15, 0.2) is 54.6 Å². The number of halogens is 1. The van der Waals surface area contributed by atoms with Crippen LogP contribution < -0.4 is 0 Å². The first-order valence-corrected chi connectivity index (χ1v) is 7.62. The topological polar surface area (TPSA) is 29.5 Å². The van der Waals surface area contributed by atoms with Crippen LogP contribution in [-0.4, -0.2) is 31.1 Å². The summed E-state index contributed by atoms with van der Waals surface area (Å²) in [6.45, 7) is 1.68. The molecular weight excluding hydrogens is 298 g/mol. The van der Waals surface area contributed by atoms with E-state index in [4.69, 9.17) is 16.3 Å². The first-order valence-electron chi connectivity index (χ1n) is 7.24. The number of hydrogen-bond acceptors (Lipinski definition) is 2. The number of carbonyl (C=O) groups excluding carboxylic acids is 1. The van der Waals surface area contributed by atoms with E-state index in [0.717, 1.165) is 11.1 Å². The van der Waals surface area contributed by atoms with Gasteiger partial charge in [-0.25, -0.2) is 0 Å². The number of rotatable bonds is 7. The highest BCUT2D eigenvalue weighted by Gasteiger charge is 2.14. The Kier molecular flexibility index (Phi) is 6.44. The summed E-state index contributed by atoms with van der Waals surface area (Å²) in [5, 5.41) is 0.650. The molecule has 0 N–H and O–H groups in total. The molecule has 0 aromatic heterocycles. The average Bonchev–Trinajstić information content (AvgIpc) is 2.52. The van der Waals surface area contributed by atoms with E-state index in [-0.39, 0.29) is 5.91 Å². The fourth-order valence-electron chi connectivity index (χ4n) is 2.23. The summed E-state index contributed by atoms with van der Waals surface area (Å²) in [5.41, 5.74) is 2.03. The van der Waals surface area contributed by atoms with Gasteiger partial charge in [-0.15, -0.1) is 0 Å². The number of hydrogen-bond donors (Lipinski definition) is 0. The summed E-state index contributed by atoms with van der Waals surface area (Å²) in [5.74, 6) is 0.0724. The SMILES string of the molecule is COCCN(Cc1ccccc1)C(=O)Cc1cccc(Cl)c1. The van der Waals surface area contributed by atoms with Crippen molar-refractivity contribution in [2.45, 2.75) is 13.0 Å². The van der Waals surface area contributed by atoms with Gasteiger partial charge in [0.1, 0.15) is 0 Å². The van der Waals surface area contributed by atoms with Crippen LogP contribution in [0.1, 0.15) is 11.1 Å². The fourth-order valence-corrected chi connectivity index (χ4v) is 2.44. The van der Waals surface area contributed by atoms with E-state index >= 15 is 0 Å². The average molecular weight is 318 g/mol. The molecule has 1 amide bonds. The molecule has 0 radical (unpaired) electrons. The standard InChI is InChI=1S/C18H20ClNO2/c1-22-11-10-20(14-15-6-3-2-4-7-15)18(21)13-16-8-5-9-17(19)12-16/h2-9,12H,10-11,13-14H2,1H3. The maximum Gasteiger partial charge on any atom is 0.227 e. The van der Waals surface area contributed by atoms with Crippen molar-refractivity contribution in [1.29, 1.82) is 0 Å². The monoisotopic (exact) mass is 317 g/mol.